The number of hydrogen-bond acceptors (Lipinski definition) is 2. The zero-order valence-corrected chi connectivity index (χ0v) is 12.5. The van der Waals surface area contributed by atoms with Gasteiger partial charge in [-0.2, -0.15) is 0 Å². The normalized spacial score (nSPS) is 23.4. The van der Waals surface area contributed by atoms with Crippen LogP contribution in [0.25, 0.3) is 0 Å². The van der Waals surface area contributed by atoms with E-state index in [-0.39, 0.29) is 23.7 Å². The fourth-order valence-electron chi connectivity index (χ4n) is 2.63. The average Bonchev–Trinajstić information content (AvgIpc) is 2.40. The predicted octanol–water partition coefficient (Wildman–Crippen LogP) is 2.20. The number of nitrogens with one attached hydrogen (secondary N) is 1. The van der Waals surface area contributed by atoms with Gasteiger partial charge in [-0.25, -0.2) is 0 Å². The highest BCUT2D eigenvalue weighted by Crippen LogP contribution is 2.26. The Labute approximate surface area is 120 Å². The Balaban J connectivity index is 2.45. The fraction of sp³-hybridized carbons (Fsp3) is 0.500. The second-order valence-corrected chi connectivity index (χ2v) is 5.96. The zero-order chi connectivity index (χ0) is 14.9. The molecule has 108 valence electrons. The van der Waals surface area contributed by atoms with E-state index in [1.54, 1.807) is 4.90 Å². The van der Waals surface area contributed by atoms with Crippen LogP contribution in [0.2, 0.25) is 0 Å². The number of para-hydroxylation sites is 1. The van der Waals surface area contributed by atoms with Gasteiger partial charge in [-0.15, -0.1) is 0 Å². The van der Waals surface area contributed by atoms with E-state index in [1.807, 2.05) is 58.0 Å². The molecule has 1 heterocycles. The second-order valence-electron chi connectivity index (χ2n) is 5.96. The van der Waals surface area contributed by atoms with E-state index in [2.05, 4.69) is 5.32 Å². The molecule has 1 aliphatic heterocycles. The number of piperazine rings is 1. The first-order valence-electron chi connectivity index (χ1n) is 7.12. The summed E-state index contributed by atoms with van der Waals surface area (Å²) in [6.45, 7) is 7.82. The van der Waals surface area contributed by atoms with Crippen molar-refractivity contribution in [3.63, 3.8) is 0 Å². The lowest BCUT2D eigenvalue weighted by molar-refractivity contribution is -0.135. The van der Waals surface area contributed by atoms with Crippen LogP contribution in [0, 0.1) is 11.8 Å². The van der Waals surface area contributed by atoms with Gasteiger partial charge in [0.15, 0.2) is 0 Å². The summed E-state index contributed by atoms with van der Waals surface area (Å²) in [5.41, 5.74) is 0.789. The summed E-state index contributed by atoms with van der Waals surface area (Å²) in [7, 11) is 0. The Hall–Kier alpha value is -1.84. The molecule has 2 amide bonds. The fourth-order valence-corrected chi connectivity index (χ4v) is 2.63. The van der Waals surface area contributed by atoms with Crippen LogP contribution in [0.3, 0.4) is 0 Å². The third-order valence-electron chi connectivity index (χ3n) is 3.68. The van der Waals surface area contributed by atoms with Gasteiger partial charge in [0.1, 0.15) is 12.1 Å². The van der Waals surface area contributed by atoms with Crippen molar-refractivity contribution in [3.8, 4) is 0 Å². The van der Waals surface area contributed by atoms with E-state index in [1.165, 1.54) is 0 Å². The van der Waals surface area contributed by atoms with Gasteiger partial charge in [0.2, 0.25) is 5.91 Å². The number of carbonyl (C=O) groups is 2. The molecule has 2 rings (SSSR count). The molecule has 0 radical (unpaired) electrons. The third-order valence-corrected chi connectivity index (χ3v) is 3.68. The van der Waals surface area contributed by atoms with Gasteiger partial charge in [-0.3, -0.25) is 14.5 Å². The molecule has 4 nitrogen and oxygen atoms in total. The van der Waals surface area contributed by atoms with E-state index in [0.29, 0.717) is 0 Å². The molecule has 0 aromatic heterocycles. The van der Waals surface area contributed by atoms with Gasteiger partial charge in [0, 0.05) is 5.69 Å². The van der Waals surface area contributed by atoms with Gasteiger partial charge in [-0.1, -0.05) is 45.9 Å². The molecule has 4 heteroatoms. The number of anilines is 1. The number of nitrogens with zero attached hydrogens (tertiary/aromatic N) is 1. The maximum Gasteiger partial charge on any atom is 0.250 e. The Morgan fingerprint density at radius 1 is 1.00 bits per heavy atom. The molecule has 2 unspecified atom stereocenters. The lowest BCUT2D eigenvalue weighted by Gasteiger charge is -2.42. The van der Waals surface area contributed by atoms with Crippen LogP contribution < -0.4 is 10.2 Å². The van der Waals surface area contributed by atoms with Gasteiger partial charge in [0.25, 0.3) is 5.91 Å². The van der Waals surface area contributed by atoms with Gasteiger partial charge >= 0.3 is 0 Å². The molecule has 1 aromatic carbocycles. The number of benzene rings is 1. The van der Waals surface area contributed by atoms with Crippen LogP contribution in [0.1, 0.15) is 27.7 Å². The molecule has 0 bridgehead atoms. The maximum atomic E-state index is 12.7. The third kappa shape index (κ3) is 2.55. The van der Waals surface area contributed by atoms with Gasteiger partial charge in [0.05, 0.1) is 0 Å². The highest BCUT2D eigenvalue weighted by molar-refractivity contribution is 6.08. The summed E-state index contributed by atoms with van der Waals surface area (Å²) in [6, 6.07) is 8.54. The smallest absolute Gasteiger partial charge is 0.250 e. The number of rotatable bonds is 3. The topological polar surface area (TPSA) is 49.4 Å². The lowest BCUT2D eigenvalue weighted by Crippen LogP contribution is -2.66. The summed E-state index contributed by atoms with van der Waals surface area (Å²) in [6.07, 6.45) is 0. The minimum absolute atomic E-state index is 0.0236. The summed E-state index contributed by atoms with van der Waals surface area (Å²) < 4.78 is 0. The molecular weight excluding hydrogens is 252 g/mol. The minimum Gasteiger partial charge on any atom is -0.342 e. The van der Waals surface area contributed by atoms with Crippen LogP contribution in [0.4, 0.5) is 5.69 Å². The molecule has 20 heavy (non-hydrogen) atoms. The Morgan fingerprint density at radius 2 is 1.60 bits per heavy atom. The molecule has 1 saturated heterocycles. The average molecular weight is 274 g/mol. The maximum absolute atomic E-state index is 12.7. The summed E-state index contributed by atoms with van der Waals surface area (Å²) in [5.74, 6) is 0.0460. The van der Waals surface area contributed by atoms with Gasteiger partial charge in [-0.05, 0) is 24.0 Å². The van der Waals surface area contributed by atoms with Crippen molar-refractivity contribution >= 4 is 17.5 Å². The van der Waals surface area contributed by atoms with Crippen molar-refractivity contribution in [3.05, 3.63) is 30.3 Å². The first kappa shape index (κ1) is 14.6. The van der Waals surface area contributed by atoms with E-state index < -0.39 is 12.1 Å². The first-order chi connectivity index (χ1) is 9.43. The van der Waals surface area contributed by atoms with Crippen LogP contribution in [0.5, 0.6) is 0 Å². The van der Waals surface area contributed by atoms with Crippen LogP contribution in [-0.4, -0.2) is 23.9 Å². The number of carbonyl (C=O) groups excluding carboxylic acids is 2. The molecular formula is C16H22N2O2. The zero-order valence-electron chi connectivity index (χ0n) is 12.5. The van der Waals surface area contributed by atoms with Gasteiger partial charge < -0.3 is 5.32 Å². The van der Waals surface area contributed by atoms with E-state index in [0.717, 1.165) is 5.69 Å². The van der Waals surface area contributed by atoms with Crippen LogP contribution in [0.15, 0.2) is 30.3 Å². The van der Waals surface area contributed by atoms with Crippen molar-refractivity contribution in [1.29, 1.82) is 0 Å². The van der Waals surface area contributed by atoms with Crippen LogP contribution >= 0.6 is 0 Å². The van der Waals surface area contributed by atoms with Crippen molar-refractivity contribution in [2.75, 3.05) is 4.90 Å². The Morgan fingerprint density at radius 3 is 2.10 bits per heavy atom. The van der Waals surface area contributed by atoms with Crippen molar-refractivity contribution in [1.82, 2.24) is 5.32 Å². The minimum atomic E-state index is -0.447. The second kappa shape index (κ2) is 5.65. The molecule has 0 aliphatic carbocycles. The van der Waals surface area contributed by atoms with Crippen molar-refractivity contribution in [2.24, 2.45) is 11.8 Å². The van der Waals surface area contributed by atoms with E-state index >= 15 is 0 Å². The molecule has 1 aromatic rings. The highest BCUT2D eigenvalue weighted by atomic mass is 16.2. The van der Waals surface area contributed by atoms with Crippen LogP contribution in [-0.2, 0) is 9.59 Å². The SMILES string of the molecule is CC(C)C1NC(=O)C(C(C)C)N(c2ccccc2)C1=O. The standard InChI is InChI=1S/C16H22N2O2/c1-10(2)13-16(20)18(12-8-6-5-7-9-12)14(11(3)4)15(19)17-13/h5-11,13-14H,1-4H3,(H,17,19). The molecule has 0 saturated carbocycles. The monoisotopic (exact) mass is 274 g/mol. The molecule has 2 atom stereocenters. The first-order valence-corrected chi connectivity index (χ1v) is 7.12. The summed E-state index contributed by atoms with van der Waals surface area (Å²) in [4.78, 5) is 26.8. The summed E-state index contributed by atoms with van der Waals surface area (Å²) >= 11 is 0. The van der Waals surface area contributed by atoms with Crippen molar-refractivity contribution in [2.45, 2.75) is 39.8 Å². The summed E-state index contributed by atoms with van der Waals surface area (Å²) in [5, 5.41) is 2.87. The van der Waals surface area contributed by atoms with E-state index in [9.17, 15) is 9.59 Å². The Kier molecular flexibility index (Phi) is 4.12. The predicted molar refractivity (Wildman–Crippen MR) is 79.3 cm³/mol. The van der Waals surface area contributed by atoms with Crippen molar-refractivity contribution < 1.29 is 9.59 Å². The molecule has 1 aliphatic rings. The Bertz CT molecular complexity index is 496. The molecule has 1 fully saturated rings. The largest absolute Gasteiger partial charge is 0.342 e. The quantitative estimate of drug-likeness (QED) is 0.918. The molecule has 0 spiro atoms. The highest BCUT2D eigenvalue weighted by Gasteiger charge is 2.43. The number of hydrogen-bond donors (Lipinski definition) is 1. The number of amides is 2. The van der Waals surface area contributed by atoms with E-state index in [4.69, 9.17) is 0 Å². The lowest BCUT2D eigenvalue weighted by atomic mass is 9.92. The molecule has 1 N–H and O–H groups in total.